The molecule has 1 aromatic rings. The van der Waals surface area contributed by atoms with E-state index in [4.69, 9.17) is 4.74 Å². The van der Waals surface area contributed by atoms with Gasteiger partial charge in [-0.3, -0.25) is 9.59 Å². The molecule has 0 aromatic heterocycles. The lowest BCUT2D eigenvalue weighted by molar-refractivity contribution is -0.146. The van der Waals surface area contributed by atoms with E-state index in [2.05, 4.69) is 10.0 Å². The van der Waals surface area contributed by atoms with Crippen LogP contribution in [0.15, 0.2) is 29.2 Å². The highest BCUT2D eigenvalue weighted by atomic mass is 32.2. The molecule has 7 nitrogen and oxygen atoms in total. The third-order valence-electron chi connectivity index (χ3n) is 2.56. The lowest BCUT2D eigenvalue weighted by Crippen LogP contribution is -2.32. The molecule has 0 radical (unpaired) electrons. The zero-order valence-electron chi connectivity index (χ0n) is 13.6. The van der Waals surface area contributed by atoms with E-state index >= 15 is 0 Å². The molecule has 0 aliphatic rings. The van der Waals surface area contributed by atoms with Crippen molar-refractivity contribution in [2.75, 3.05) is 6.54 Å². The van der Waals surface area contributed by atoms with Gasteiger partial charge in [0.05, 0.1) is 11.0 Å². The van der Waals surface area contributed by atoms with Crippen LogP contribution in [0.3, 0.4) is 0 Å². The lowest BCUT2D eigenvalue weighted by Gasteiger charge is -2.11. The van der Waals surface area contributed by atoms with E-state index < -0.39 is 21.9 Å². The second-order valence-electron chi connectivity index (χ2n) is 5.53. The zero-order valence-corrected chi connectivity index (χ0v) is 14.4. The summed E-state index contributed by atoms with van der Waals surface area (Å²) in [5.74, 6) is -1.11. The quantitative estimate of drug-likeness (QED) is 0.721. The first kappa shape index (κ1) is 19.1. The highest BCUT2D eigenvalue weighted by Crippen LogP contribution is 2.12. The van der Waals surface area contributed by atoms with Crippen molar-refractivity contribution >= 4 is 21.9 Å². The average molecular weight is 342 g/mol. The van der Waals surface area contributed by atoms with E-state index in [1.54, 1.807) is 27.7 Å². The number of sulfonamides is 1. The second kappa shape index (κ2) is 8.07. The SMILES string of the molecule is CC(C)NS(=O)(=O)c1cccc(C(=O)NCC(=O)OC(C)C)c1. The van der Waals surface area contributed by atoms with Gasteiger partial charge in [-0.1, -0.05) is 6.07 Å². The minimum Gasteiger partial charge on any atom is -0.462 e. The summed E-state index contributed by atoms with van der Waals surface area (Å²) in [6, 6.07) is 5.33. The molecule has 1 aromatic carbocycles. The maximum Gasteiger partial charge on any atom is 0.325 e. The number of carbonyl (C=O) groups excluding carboxylic acids is 2. The van der Waals surface area contributed by atoms with Gasteiger partial charge in [-0.15, -0.1) is 0 Å². The van der Waals surface area contributed by atoms with E-state index in [0.717, 1.165) is 0 Å². The molecule has 0 bridgehead atoms. The highest BCUT2D eigenvalue weighted by Gasteiger charge is 2.17. The Labute approximate surface area is 136 Å². The van der Waals surface area contributed by atoms with Crippen LogP contribution in [-0.2, 0) is 19.6 Å². The summed E-state index contributed by atoms with van der Waals surface area (Å²) >= 11 is 0. The summed E-state index contributed by atoms with van der Waals surface area (Å²) in [4.78, 5) is 23.4. The van der Waals surface area contributed by atoms with Gasteiger partial charge in [0.2, 0.25) is 10.0 Å². The van der Waals surface area contributed by atoms with Crippen LogP contribution < -0.4 is 10.0 Å². The number of rotatable bonds is 7. The Morgan fingerprint density at radius 1 is 1.17 bits per heavy atom. The van der Waals surface area contributed by atoms with Crippen LogP contribution in [0.2, 0.25) is 0 Å². The molecule has 0 aliphatic carbocycles. The van der Waals surface area contributed by atoms with Crippen LogP contribution in [0.5, 0.6) is 0 Å². The number of carbonyl (C=O) groups is 2. The van der Waals surface area contributed by atoms with Crippen LogP contribution in [0.1, 0.15) is 38.1 Å². The minimum absolute atomic E-state index is 0.0105. The molecule has 0 saturated heterocycles. The molecular weight excluding hydrogens is 320 g/mol. The predicted octanol–water partition coefficient (Wildman–Crippen LogP) is 1.05. The van der Waals surface area contributed by atoms with Crippen molar-refractivity contribution in [2.45, 2.75) is 44.7 Å². The molecule has 0 saturated carbocycles. The van der Waals surface area contributed by atoms with E-state index in [-0.39, 0.29) is 29.1 Å². The van der Waals surface area contributed by atoms with Crippen molar-refractivity contribution in [3.8, 4) is 0 Å². The Kier molecular flexibility index (Phi) is 6.71. The largest absolute Gasteiger partial charge is 0.462 e. The molecule has 2 N–H and O–H groups in total. The van der Waals surface area contributed by atoms with Gasteiger partial charge in [0.25, 0.3) is 5.91 Å². The Hall–Kier alpha value is -1.93. The van der Waals surface area contributed by atoms with Gasteiger partial charge in [0.15, 0.2) is 0 Å². The minimum atomic E-state index is -3.68. The molecule has 23 heavy (non-hydrogen) atoms. The molecule has 0 spiro atoms. The molecule has 0 unspecified atom stereocenters. The average Bonchev–Trinajstić information content (AvgIpc) is 2.43. The Morgan fingerprint density at radius 2 is 1.83 bits per heavy atom. The monoisotopic (exact) mass is 342 g/mol. The van der Waals surface area contributed by atoms with Crippen molar-refractivity contribution in [1.82, 2.24) is 10.0 Å². The van der Waals surface area contributed by atoms with E-state index in [9.17, 15) is 18.0 Å². The summed E-state index contributed by atoms with van der Waals surface area (Å²) in [7, 11) is -3.68. The second-order valence-corrected chi connectivity index (χ2v) is 7.24. The van der Waals surface area contributed by atoms with E-state index in [1.165, 1.54) is 24.3 Å². The predicted molar refractivity (Wildman–Crippen MR) is 85.5 cm³/mol. The number of hydrogen-bond donors (Lipinski definition) is 2. The maximum absolute atomic E-state index is 12.1. The lowest BCUT2D eigenvalue weighted by atomic mass is 10.2. The van der Waals surface area contributed by atoms with Crippen molar-refractivity contribution in [1.29, 1.82) is 0 Å². The van der Waals surface area contributed by atoms with Gasteiger partial charge < -0.3 is 10.1 Å². The van der Waals surface area contributed by atoms with Crippen LogP contribution in [-0.4, -0.2) is 39.0 Å². The molecule has 1 rings (SSSR count). The van der Waals surface area contributed by atoms with Crippen molar-refractivity contribution in [3.63, 3.8) is 0 Å². The smallest absolute Gasteiger partial charge is 0.325 e. The first-order valence-electron chi connectivity index (χ1n) is 7.22. The third kappa shape index (κ3) is 6.37. The van der Waals surface area contributed by atoms with Crippen LogP contribution in [0, 0.1) is 0 Å². The molecule has 0 fully saturated rings. The maximum atomic E-state index is 12.1. The normalized spacial score (nSPS) is 11.6. The summed E-state index contributed by atoms with van der Waals surface area (Å²) in [6.07, 6.45) is -0.269. The third-order valence-corrected chi connectivity index (χ3v) is 4.21. The molecule has 1 amide bonds. The molecule has 0 heterocycles. The van der Waals surface area contributed by atoms with Crippen LogP contribution in [0.4, 0.5) is 0 Å². The van der Waals surface area contributed by atoms with Crippen LogP contribution >= 0.6 is 0 Å². The van der Waals surface area contributed by atoms with Gasteiger partial charge in [0, 0.05) is 11.6 Å². The summed E-state index contributed by atoms with van der Waals surface area (Å²) < 4.78 is 31.5. The topological polar surface area (TPSA) is 102 Å². The standard InChI is InChI=1S/C15H22N2O5S/c1-10(2)17-23(20,21)13-7-5-6-12(8-13)15(19)16-9-14(18)22-11(3)4/h5-8,10-11,17H,9H2,1-4H3,(H,16,19). The van der Waals surface area contributed by atoms with E-state index in [0.29, 0.717) is 0 Å². The van der Waals surface area contributed by atoms with Crippen molar-refractivity contribution in [2.24, 2.45) is 0 Å². The molecule has 0 aliphatic heterocycles. The van der Waals surface area contributed by atoms with Crippen LogP contribution in [0.25, 0.3) is 0 Å². The fraction of sp³-hybridized carbons (Fsp3) is 0.467. The zero-order chi connectivity index (χ0) is 17.6. The highest BCUT2D eigenvalue weighted by molar-refractivity contribution is 7.89. The van der Waals surface area contributed by atoms with Crippen molar-refractivity contribution < 1.29 is 22.7 Å². The first-order chi connectivity index (χ1) is 10.6. The molecule has 8 heteroatoms. The molecular formula is C15H22N2O5S. The summed E-state index contributed by atoms with van der Waals surface area (Å²) in [6.45, 7) is 6.53. The Morgan fingerprint density at radius 3 is 2.39 bits per heavy atom. The molecule has 0 atom stereocenters. The van der Waals surface area contributed by atoms with Gasteiger partial charge in [0.1, 0.15) is 6.54 Å². The van der Waals surface area contributed by atoms with Gasteiger partial charge in [-0.05, 0) is 45.9 Å². The Bertz CT molecular complexity index is 668. The van der Waals surface area contributed by atoms with Gasteiger partial charge in [-0.2, -0.15) is 0 Å². The number of amides is 1. The molecule has 128 valence electrons. The van der Waals surface area contributed by atoms with Gasteiger partial charge >= 0.3 is 5.97 Å². The number of benzene rings is 1. The fourth-order valence-corrected chi connectivity index (χ4v) is 3.04. The number of esters is 1. The van der Waals surface area contributed by atoms with E-state index in [1.807, 2.05) is 0 Å². The summed E-state index contributed by atoms with van der Waals surface area (Å²) in [5, 5.41) is 2.39. The van der Waals surface area contributed by atoms with Crippen molar-refractivity contribution in [3.05, 3.63) is 29.8 Å². The fourth-order valence-electron chi connectivity index (χ4n) is 1.74. The number of nitrogens with one attached hydrogen (secondary N) is 2. The number of hydrogen-bond acceptors (Lipinski definition) is 5. The van der Waals surface area contributed by atoms with Gasteiger partial charge in [-0.25, -0.2) is 13.1 Å². The first-order valence-corrected chi connectivity index (χ1v) is 8.70. The summed E-state index contributed by atoms with van der Waals surface area (Å²) in [5.41, 5.74) is 0.147. The number of ether oxygens (including phenoxy) is 1. The Balaban J connectivity index is 2.80.